The van der Waals surface area contributed by atoms with Crippen molar-refractivity contribution in [1.29, 1.82) is 0 Å². The van der Waals surface area contributed by atoms with Crippen LogP contribution in [0.15, 0.2) is 45.7 Å². The molecule has 1 fully saturated rings. The van der Waals surface area contributed by atoms with E-state index < -0.39 is 10.8 Å². The predicted molar refractivity (Wildman–Crippen MR) is 89.8 cm³/mol. The molecule has 0 radical (unpaired) electrons. The maximum atomic E-state index is 12.4. The van der Waals surface area contributed by atoms with E-state index in [4.69, 9.17) is 4.42 Å². The minimum Gasteiger partial charge on any atom is -0.455 e. The summed E-state index contributed by atoms with van der Waals surface area (Å²) in [5.41, 5.74) is 1.08. The van der Waals surface area contributed by atoms with Gasteiger partial charge in [-0.25, -0.2) is 0 Å². The molecule has 1 atom stereocenters. The SMILES string of the molecule is Cc1cccc([S@](=O)Cc2ccc(C(=O)N3CCCCC3)o2)c1. The summed E-state index contributed by atoms with van der Waals surface area (Å²) in [5.74, 6) is 1.17. The van der Waals surface area contributed by atoms with E-state index in [1.54, 1.807) is 12.1 Å². The summed E-state index contributed by atoms with van der Waals surface area (Å²) in [6.07, 6.45) is 3.29. The second kappa shape index (κ2) is 7.13. The molecule has 0 unspecified atom stereocenters. The molecule has 0 saturated carbocycles. The molecule has 2 aromatic rings. The predicted octanol–water partition coefficient (Wildman–Crippen LogP) is 3.52. The largest absolute Gasteiger partial charge is 0.455 e. The van der Waals surface area contributed by atoms with Gasteiger partial charge in [-0.2, -0.15) is 0 Å². The average molecular weight is 331 g/mol. The third kappa shape index (κ3) is 3.91. The molecule has 1 aromatic heterocycles. The summed E-state index contributed by atoms with van der Waals surface area (Å²) in [5, 5.41) is 0. The van der Waals surface area contributed by atoms with Crippen LogP contribution < -0.4 is 0 Å². The van der Waals surface area contributed by atoms with Gasteiger partial charge in [-0.3, -0.25) is 9.00 Å². The van der Waals surface area contributed by atoms with E-state index in [0.29, 0.717) is 11.5 Å². The number of amides is 1. The Hall–Kier alpha value is -1.88. The Labute approximate surface area is 138 Å². The Morgan fingerprint density at radius 3 is 2.70 bits per heavy atom. The van der Waals surface area contributed by atoms with E-state index in [1.165, 1.54) is 6.42 Å². The molecule has 0 N–H and O–H groups in total. The number of piperidine rings is 1. The van der Waals surface area contributed by atoms with Crippen LogP contribution in [-0.4, -0.2) is 28.1 Å². The molecule has 122 valence electrons. The highest BCUT2D eigenvalue weighted by Gasteiger charge is 2.21. The van der Waals surface area contributed by atoms with Gasteiger partial charge in [0.2, 0.25) is 0 Å². The Kier molecular flexibility index (Phi) is 4.96. The van der Waals surface area contributed by atoms with Gasteiger partial charge in [0.15, 0.2) is 5.76 Å². The van der Waals surface area contributed by atoms with Crippen LogP contribution >= 0.6 is 0 Å². The van der Waals surface area contributed by atoms with Crippen molar-refractivity contribution in [1.82, 2.24) is 4.90 Å². The molecule has 4 nitrogen and oxygen atoms in total. The number of hydrogen-bond acceptors (Lipinski definition) is 3. The number of carbonyl (C=O) groups excluding carboxylic acids is 1. The van der Waals surface area contributed by atoms with Crippen molar-refractivity contribution in [3.63, 3.8) is 0 Å². The molecule has 1 aliphatic heterocycles. The van der Waals surface area contributed by atoms with Gasteiger partial charge in [0.05, 0.1) is 16.6 Å². The smallest absolute Gasteiger partial charge is 0.289 e. The monoisotopic (exact) mass is 331 g/mol. The van der Waals surface area contributed by atoms with E-state index in [2.05, 4.69) is 0 Å². The van der Waals surface area contributed by atoms with Crippen LogP contribution in [0.4, 0.5) is 0 Å². The third-order valence-electron chi connectivity index (χ3n) is 4.04. The summed E-state index contributed by atoms with van der Waals surface area (Å²) >= 11 is 0. The van der Waals surface area contributed by atoms with Crippen LogP contribution in [0.1, 0.15) is 41.1 Å². The van der Waals surface area contributed by atoms with E-state index in [0.717, 1.165) is 36.4 Å². The Balaban J connectivity index is 1.67. The van der Waals surface area contributed by atoms with Crippen LogP contribution in [0.5, 0.6) is 0 Å². The van der Waals surface area contributed by atoms with Crippen LogP contribution in [0.3, 0.4) is 0 Å². The standard InChI is InChI=1S/C18H21NO3S/c1-14-6-5-7-16(12-14)23(21)13-15-8-9-17(22-15)18(20)19-10-3-2-4-11-19/h5-9,12H,2-4,10-11,13H2,1H3/t23-/m1/s1. The maximum Gasteiger partial charge on any atom is 0.289 e. The van der Waals surface area contributed by atoms with Crippen molar-refractivity contribution in [2.24, 2.45) is 0 Å². The fraction of sp³-hybridized carbons (Fsp3) is 0.389. The van der Waals surface area contributed by atoms with Crippen molar-refractivity contribution < 1.29 is 13.4 Å². The summed E-state index contributed by atoms with van der Waals surface area (Å²) in [7, 11) is -1.17. The molecule has 1 aromatic carbocycles. The van der Waals surface area contributed by atoms with E-state index in [1.807, 2.05) is 36.1 Å². The summed E-state index contributed by atoms with van der Waals surface area (Å²) in [6, 6.07) is 11.1. The molecule has 2 heterocycles. The second-order valence-corrected chi connectivity index (χ2v) is 7.38. The normalized spacial score (nSPS) is 16.3. The lowest BCUT2D eigenvalue weighted by Gasteiger charge is -2.25. The van der Waals surface area contributed by atoms with Crippen molar-refractivity contribution >= 4 is 16.7 Å². The van der Waals surface area contributed by atoms with Crippen molar-refractivity contribution in [2.45, 2.75) is 36.8 Å². The Morgan fingerprint density at radius 2 is 1.96 bits per heavy atom. The summed E-state index contributed by atoms with van der Waals surface area (Å²) in [4.78, 5) is 15.0. The first-order chi connectivity index (χ1) is 11.1. The molecule has 1 aliphatic rings. The summed E-state index contributed by atoms with van der Waals surface area (Å²) < 4.78 is 18.0. The third-order valence-corrected chi connectivity index (χ3v) is 5.37. The Bertz CT molecular complexity index is 717. The number of rotatable bonds is 4. The number of nitrogens with zero attached hydrogens (tertiary/aromatic N) is 1. The maximum absolute atomic E-state index is 12.4. The molecule has 1 amide bonds. The summed E-state index contributed by atoms with van der Waals surface area (Å²) in [6.45, 7) is 3.57. The van der Waals surface area contributed by atoms with Gasteiger partial charge in [0.1, 0.15) is 5.76 Å². The van der Waals surface area contributed by atoms with Gasteiger partial charge < -0.3 is 9.32 Å². The molecule has 1 saturated heterocycles. The van der Waals surface area contributed by atoms with E-state index in [-0.39, 0.29) is 11.7 Å². The zero-order valence-electron chi connectivity index (χ0n) is 13.3. The fourth-order valence-electron chi connectivity index (χ4n) is 2.79. The van der Waals surface area contributed by atoms with Crippen LogP contribution in [0, 0.1) is 6.92 Å². The number of carbonyl (C=O) groups is 1. The van der Waals surface area contributed by atoms with Gasteiger partial charge in [0, 0.05) is 18.0 Å². The highest BCUT2D eigenvalue weighted by molar-refractivity contribution is 7.84. The lowest BCUT2D eigenvalue weighted by molar-refractivity contribution is 0.0690. The van der Waals surface area contributed by atoms with Crippen molar-refractivity contribution in [3.8, 4) is 0 Å². The van der Waals surface area contributed by atoms with Crippen molar-refractivity contribution in [2.75, 3.05) is 13.1 Å². The zero-order valence-corrected chi connectivity index (χ0v) is 14.1. The fourth-order valence-corrected chi connectivity index (χ4v) is 3.92. The zero-order chi connectivity index (χ0) is 16.2. The Morgan fingerprint density at radius 1 is 1.17 bits per heavy atom. The molecule has 23 heavy (non-hydrogen) atoms. The highest BCUT2D eigenvalue weighted by atomic mass is 32.2. The quantitative estimate of drug-likeness (QED) is 0.861. The van der Waals surface area contributed by atoms with Crippen LogP contribution in [-0.2, 0) is 16.6 Å². The minimum atomic E-state index is -1.17. The second-order valence-electron chi connectivity index (χ2n) is 5.93. The van der Waals surface area contributed by atoms with Crippen LogP contribution in [0.25, 0.3) is 0 Å². The number of hydrogen-bond donors (Lipinski definition) is 0. The molecule has 0 spiro atoms. The molecular weight excluding hydrogens is 310 g/mol. The van der Waals surface area contributed by atoms with Gasteiger partial charge in [-0.15, -0.1) is 0 Å². The van der Waals surface area contributed by atoms with Gasteiger partial charge in [-0.05, 0) is 56.0 Å². The first kappa shape index (κ1) is 16.0. The molecule has 3 rings (SSSR count). The van der Waals surface area contributed by atoms with E-state index in [9.17, 15) is 9.00 Å². The number of furan rings is 1. The van der Waals surface area contributed by atoms with Gasteiger partial charge in [-0.1, -0.05) is 12.1 Å². The average Bonchev–Trinajstić information content (AvgIpc) is 3.03. The topological polar surface area (TPSA) is 50.5 Å². The van der Waals surface area contributed by atoms with Crippen molar-refractivity contribution in [3.05, 3.63) is 53.5 Å². The molecule has 5 heteroatoms. The minimum absolute atomic E-state index is 0.0581. The van der Waals surface area contributed by atoms with Gasteiger partial charge >= 0.3 is 0 Å². The molecular formula is C18H21NO3S. The first-order valence-corrected chi connectivity index (χ1v) is 9.28. The number of likely N-dealkylation sites (tertiary alicyclic amines) is 1. The molecule has 0 aliphatic carbocycles. The lowest BCUT2D eigenvalue weighted by Crippen LogP contribution is -2.35. The van der Waals surface area contributed by atoms with E-state index >= 15 is 0 Å². The first-order valence-electron chi connectivity index (χ1n) is 7.96. The number of aryl methyl sites for hydroxylation is 1. The lowest BCUT2D eigenvalue weighted by atomic mass is 10.1. The van der Waals surface area contributed by atoms with Crippen LogP contribution in [0.2, 0.25) is 0 Å². The highest BCUT2D eigenvalue weighted by Crippen LogP contribution is 2.18. The van der Waals surface area contributed by atoms with Gasteiger partial charge in [0.25, 0.3) is 5.91 Å². The molecule has 0 bridgehead atoms. The number of benzene rings is 1.